The van der Waals surface area contributed by atoms with Crippen LogP contribution in [0.5, 0.6) is 0 Å². The first kappa shape index (κ1) is 10.5. The van der Waals surface area contributed by atoms with E-state index >= 15 is 0 Å². The number of aromatic nitrogens is 1. The van der Waals surface area contributed by atoms with Gasteiger partial charge in [0.15, 0.2) is 5.78 Å². The van der Waals surface area contributed by atoms with E-state index in [-0.39, 0.29) is 17.5 Å². The summed E-state index contributed by atoms with van der Waals surface area (Å²) in [6.07, 6.45) is 2.43. The highest BCUT2D eigenvalue weighted by molar-refractivity contribution is 6.09. The number of Topliss-reactive ketones (excluding diaryl/α,β-unsaturated/α-hetero) is 1. The van der Waals surface area contributed by atoms with Crippen molar-refractivity contribution in [3.05, 3.63) is 35.8 Å². The van der Waals surface area contributed by atoms with Crippen molar-refractivity contribution < 1.29 is 13.9 Å². The van der Waals surface area contributed by atoms with E-state index in [2.05, 4.69) is 4.98 Å². The molecule has 17 heavy (non-hydrogen) atoms. The third-order valence-corrected chi connectivity index (χ3v) is 3.21. The summed E-state index contributed by atoms with van der Waals surface area (Å²) >= 11 is 0. The van der Waals surface area contributed by atoms with Gasteiger partial charge in [-0.1, -0.05) is 0 Å². The molecule has 1 aliphatic rings. The van der Waals surface area contributed by atoms with E-state index < -0.39 is 0 Å². The van der Waals surface area contributed by atoms with Gasteiger partial charge in [0.05, 0.1) is 6.61 Å². The molecule has 2 heterocycles. The zero-order valence-electron chi connectivity index (χ0n) is 9.20. The Hall–Kier alpha value is -1.68. The first-order valence-electron chi connectivity index (χ1n) is 5.64. The van der Waals surface area contributed by atoms with Crippen LogP contribution in [0.25, 0.3) is 10.9 Å². The van der Waals surface area contributed by atoms with Crippen LogP contribution in [-0.4, -0.2) is 24.0 Å². The number of halogens is 1. The minimum absolute atomic E-state index is 0.0564. The van der Waals surface area contributed by atoms with Crippen LogP contribution in [0.1, 0.15) is 16.8 Å². The number of ether oxygens (including phenoxy) is 1. The normalized spacial score (nSPS) is 19.9. The molecule has 0 aliphatic carbocycles. The van der Waals surface area contributed by atoms with Gasteiger partial charge < -0.3 is 9.72 Å². The Morgan fingerprint density at radius 2 is 2.35 bits per heavy atom. The van der Waals surface area contributed by atoms with Crippen LogP contribution < -0.4 is 0 Å². The van der Waals surface area contributed by atoms with Crippen molar-refractivity contribution in [1.82, 2.24) is 4.98 Å². The minimum Gasteiger partial charge on any atom is -0.381 e. The predicted octanol–water partition coefficient (Wildman–Crippen LogP) is 2.53. The molecule has 0 saturated carbocycles. The topological polar surface area (TPSA) is 42.1 Å². The number of carbonyl (C=O) groups is 1. The van der Waals surface area contributed by atoms with Gasteiger partial charge in [-0.25, -0.2) is 4.39 Å². The van der Waals surface area contributed by atoms with Crippen LogP contribution in [0, 0.1) is 11.7 Å². The molecule has 4 heteroatoms. The van der Waals surface area contributed by atoms with Gasteiger partial charge in [0.1, 0.15) is 5.82 Å². The van der Waals surface area contributed by atoms with Crippen molar-refractivity contribution in [1.29, 1.82) is 0 Å². The largest absolute Gasteiger partial charge is 0.381 e. The van der Waals surface area contributed by atoms with Crippen molar-refractivity contribution >= 4 is 16.7 Å². The smallest absolute Gasteiger partial charge is 0.170 e. The second kappa shape index (κ2) is 3.96. The quantitative estimate of drug-likeness (QED) is 0.810. The van der Waals surface area contributed by atoms with Gasteiger partial charge in [-0.3, -0.25) is 4.79 Å². The number of ketones is 1. The fourth-order valence-electron chi connectivity index (χ4n) is 2.26. The lowest BCUT2D eigenvalue weighted by atomic mass is 9.97. The highest BCUT2D eigenvalue weighted by atomic mass is 19.1. The standard InChI is InChI=1S/C13H12FNO2/c14-9-1-2-10-11(6-15-12(10)5-9)13(16)8-3-4-17-7-8/h1-2,5-6,8,15H,3-4,7H2. The Bertz CT molecular complexity index is 570. The SMILES string of the molecule is O=C(c1c[nH]c2cc(F)ccc12)C1CCOC1. The van der Waals surface area contributed by atoms with Gasteiger partial charge in [0, 0.05) is 35.2 Å². The van der Waals surface area contributed by atoms with Gasteiger partial charge in [-0.2, -0.15) is 0 Å². The van der Waals surface area contributed by atoms with Crippen LogP contribution >= 0.6 is 0 Å². The lowest BCUT2D eigenvalue weighted by Gasteiger charge is -2.04. The maximum Gasteiger partial charge on any atom is 0.170 e. The Morgan fingerprint density at radius 3 is 3.12 bits per heavy atom. The maximum atomic E-state index is 13.0. The third kappa shape index (κ3) is 1.74. The van der Waals surface area contributed by atoms with Crippen LogP contribution in [0.15, 0.2) is 24.4 Å². The minimum atomic E-state index is -0.303. The number of hydrogen-bond acceptors (Lipinski definition) is 2. The first-order valence-corrected chi connectivity index (χ1v) is 5.64. The number of fused-ring (bicyclic) bond motifs is 1. The average molecular weight is 233 g/mol. The van der Waals surface area contributed by atoms with Crippen LogP contribution in [-0.2, 0) is 4.74 Å². The number of benzene rings is 1. The number of rotatable bonds is 2. The molecule has 2 aromatic rings. The highest BCUT2D eigenvalue weighted by Crippen LogP contribution is 2.25. The Balaban J connectivity index is 2.02. The van der Waals surface area contributed by atoms with E-state index in [1.54, 1.807) is 12.3 Å². The maximum absolute atomic E-state index is 13.0. The average Bonchev–Trinajstić information content (AvgIpc) is 2.96. The molecule has 1 unspecified atom stereocenters. The molecule has 88 valence electrons. The first-order chi connectivity index (χ1) is 8.25. The summed E-state index contributed by atoms with van der Waals surface area (Å²) in [7, 11) is 0. The molecule has 3 nitrogen and oxygen atoms in total. The van der Waals surface area contributed by atoms with E-state index in [0.717, 1.165) is 11.8 Å². The Kier molecular flexibility index (Phi) is 2.44. The molecule has 1 atom stereocenters. The number of nitrogens with one attached hydrogen (secondary N) is 1. The second-order valence-electron chi connectivity index (χ2n) is 4.32. The van der Waals surface area contributed by atoms with E-state index in [9.17, 15) is 9.18 Å². The summed E-state index contributed by atoms with van der Waals surface area (Å²) in [6.45, 7) is 1.14. The van der Waals surface area contributed by atoms with E-state index in [1.165, 1.54) is 12.1 Å². The van der Waals surface area contributed by atoms with Crippen molar-refractivity contribution in [3.8, 4) is 0 Å². The number of aromatic amines is 1. The fourth-order valence-corrected chi connectivity index (χ4v) is 2.26. The molecule has 0 radical (unpaired) electrons. The molecular formula is C13H12FNO2. The Morgan fingerprint density at radius 1 is 1.47 bits per heavy atom. The van der Waals surface area contributed by atoms with E-state index in [1.807, 2.05) is 0 Å². The lowest BCUT2D eigenvalue weighted by Crippen LogP contribution is -2.14. The second-order valence-corrected chi connectivity index (χ2v) is 4.32. The lowest BCUT2D eigenvalue weighted by molar-refractivity contribution is 0.0902. The fraction of sp³-hybridized carbons (Fsp3) is 0.308. The van der Waals surface area contributed by atoms with Gasteiger partial charge in [0.25, 0.3) is 0 Å². The van der Waals surface area contributed by atoms with Gasteiger partial charge >= 0.3 is 0 Å². The highest BCUT2D eigenvalue weighted by Gasteiger charge is 2.26. The molecule has 3 rings (SSSR count). The van der Waals surface area contributed by atoms with E-state index in [4.69, 9.17) is 4.74 Å². The number of H-pyrrole nitrogens is 1. The van der Waals surface area contributed by atoms with Gasteiger partial charge in [0.2, 0.25) is 0 Å². The third-order valence-electron chi connectivity index (χ3n) is 3.21. The molecule has 1 N–H and O–H groups in total. The summed E-state index contributed by atoms with van der Waals surface area (Å²) < 4.78 is 18.2. The molecule has 1 aromatic heterocycles. The van der Waals surface area contributed by atoms with Crippen LogP contribution in [0.3, 0.4) is 0 Å². The molecule has 0 spiro atoms. The van der Waals surface area contributed by atoms with Crippen molar-refractivity contribution in [2.75, 3.05) is 13.2 Å². The molecule has 1 saturated heterocycles. The monoisotopic (exact) mass is 233 g/mol. The Labute approximate surface area is 97.6 Å². The molecular weight excluding hydrogens is 221 g/mol. The summed E-state index contributed by atoms with van der Waals surface area (Å²) in [5.74, 6) is -0.276. The predicted molar refractivity (Wildman–Crippen MR) is 61.5 cm³/mol. The van der Waals surface area contributed by atoms with Crippen molar-refractivity contribution in [3.63, 3.8) is 0 Å². The van der Waals surface area contributed by atoms with Crippen molar-refractivity contribution in [2.24, 2.45) is 5.92 Å². The van der Waals surface area contributed by atoms with E-state index in [0.29, 0.717) is 24.3 Å². The van der Waals surface area contributed by atoms with Gasteiger partial charge in [-0.15, -0.1) is 0 Å². The zero-order chi connectivity index (χ0) is 11.8. The zero-order valence-corrected chi connectivity index (χ0v) is 9.20. The number of hydrogen-bond donors (Lipinski definition) is 1. The molecule has 1 aromatic carbocycles. The summed E-state index contributed by atoms with van der Waals surface area (Å²) in [5.41, 5.74) is 1.29. The van der Waals surface area contributed by atoms with Crippen LogP contribution in [0.2, 0.25) is 0 Å². The van der Waals surface area contributed by atoms with Gasteiger partial charge in [-0.05, 0) is 24.6 Å². The summed E-state index contributed by atoms with van der Waals surface area (Å²) in [5, 5.41) is 0.781. The van der Waals surface area contributed by atoms with Crippen LogP contribution in [0.4, 0.5) is 4.39 Å². The molecule has 0 bridgehead atoms. The molecule has 1 aliphatic heterocycles. The van der Waals surface area contributed by atoms with Crippen molar-refractivity contribution in [2.45, 2.75) is 6.42 Å². The molecule has 1 fully saturated rings. The summed E-state index contributed by atoms with van der Waals surface area (Å²) in [6, 6.07) is 4.42. The number of carbonyl (C=O) groups excluding carboxylic acids is 1. The molecule has 0 amide bonds. The summed E-state index contributed by atoms with van der Waals surface area (Å²) in [4.78, 5) is 15.1.